The van der Waals surface area contributed by atoms with Crippen molar-refractivity contribution < 1.29 is 5.11 Å². The topological polar surface area (TPSA) is 80.2 Å². The van der Waals surface area contributed by atoms with Crippen molar-refractivity contribution in [2.75, 3.05) is 12.3 Å². The normalized spacial score (nSPS) is 16.9. The van der Waals surface area contributed by atoms with Crippen LogP contribution in [0.3, 0.4) is 0 Å². The molecule has 0 spiro atoms. The van der Waals surface area contributed by atoms with E-state index in [0.29, 0.717) is 5.82 Å². The Morgan fingerprint density at radius 2 is 2.30 bits per heavy atom. The van der Waals surface area contributed by atoms with Crippen molar-refractivity contribution in [1.82, 2.24) is 19.7 Å². The molecule has 0 aliphatic carbocycles. The van der Waals surface area contributed by atoms with E-state index in [9.17, 15) is 5.11 Å². The second kappa shape index (κ2) is 5.22. The molecule has 2 aromatic heterocycles. The first-order valence-corrected chi connectivity index (χ1v) is 6.80. The molecule has 2 aromatic rings. The van der Waals surface area contributed by atoms with E-state index < -0.39 is 6.10 Å². The number of nitrogens with zero attached hydrogens (tertiary/aromatic N) is 4. The Bertz CT molecular complexity index is 607. The highest BCUT2D eigenvalue weighted by Gasteiger charge is 2.20. The van der Waals surface area contributed by atoms with Gasteiger partial charge in [0.25, 0.3) is 0 Å². The average molecular weight is 273 g/mol. The van der Waals surface area contributed by atoms with E-state index in [1.165, 1.54) is 0 Å². The lowest BCUT2D eigenvalue weighted by atomic mass is 10.2. The predicted octanol–water partition coefficient (Wildman–Crippen LogP) is 0.929. The fourth-order valence-electron chi connectivity index (χ4n) is 2.51. The van der Waals surface area contributed by atoms with Gasteiger partial charge >= 0.3 is 0 Å². The third-order valence-corrected chi connectivity index (χ3v) is 3.64. The molecule has 0 fully saturated rings. The Morgan fingerprint density at radius 3 is 3.05 bits per heavy atom. The Labute approximate surface area is 117 Å². The molecule has 6 heteroatoms. The van der Waals surface area contributed by atoms with Crippen LogP contribution in [0.1, 0.15) is 30.0 Å². The van der Waals surface area contributed by atoms with Crippen molar-refractivity contribution in [2.24, 2.45) is 0 Å². The third kappa shape index (κ3) is 2.52. The van der Waals surface area contributed by atoms with Crippen LogP contribution < -0.4 is 5.73 Å². The van der Waals surface area contributed by atoms with Crippen molar-refractivity contribution in [3.63, 3.8) is 0 Å². The second-order valence-electron chi connectivity index (χ2n) is 5.22. The molecule has 106 valence electrons. The highest BCUT2D eigenvalue weighted by atomic mass is 16.3. The van der Waals surface area contributed by atoms with Gasteiger partial charge in [-0.2, -0.15) is 5.10 Å². The van der Waals surface area contributed by atoms with Crippen LogP contribution in [0, 0.1) is 0 Å². The van der Waals surface area contributed by atoms with Crippen LogP contribution in [0.5, 0.6) is 0 Å². The summed E-state index contributed by atoms with van der Waals surface area (Å²) < 4.78 is 1.98. The molecule has 3 N–H and O–H groups in total. The third-order valence-electron chi connectivity index (χ3n) is 3.64. The number of fused-ring (bicyclic) bond motifs is 1. The zero-order valence-corrected chi connectivity index (χ0v) is 11.5. The van der Waals surface area contributed by atoms with E-state index >= 15 is 0 Å². The van der Waals surface area contributed by atoms with Crippen molar-refractivity contribution in [2.45, 2.75) is 32.7 Å². The second-order valence-corrected chi connectivity index (χ2v) is 5.22. The lowest BCUT2D eigenvalue weighted by Crippen LogP contribution is -2.33. The molecule has 6 nitrogen and oxygen atoms in total. The molecule has 0 saturated heterocycles. The maximum absolute atomic E-state index is 9.60. The van der Waals surface area contributed by atoms with Gasteiger partial charge in [-0.25, -0.2) is 4.98 Å². The smallest absolute Gasteiger partial charge is 0.127 e. The van der Waals surface area contributed by atoms with Gasteiger partial charge in [0.05, 0.1) is 24.0 Å². The molecule has 1 aliphatic heterocycles. The summed E-state index contributed by atoms with van der Waals surface area (Å²) in [5.41, 5.74) is 8.81. The molecule has 1 aliphatic rings. The summed E-state index contributed by atoms with van der Waals surface area (Å²) in [5, 5.41) is 14.0. The van der Waals surface area contributed by atoms with Crippen molar-refractivity contribution in [3.8, 4) is 0 Å². The fourth-order valence-corrected chi connectivity index (χ4v) is 2.51. The van der Waals surface area contributed by atoms with Crippen LogP contribution in [0.2, 0.25) is 0 Å². The Kier molecular flexibility index (Phi) is 3.42. The van der Waals surface area contributed by atoms with E-state index in [0.717, 1.165) is 43.1 Å². The van der Waals surface area contributed by atoms with Gasteiger partial charge in [0, 0.05) is 31.4 Å². The molecule has 3 heterocycles. The number of aromatic nitrogens is 3. The summed E-state index contributed by atoms with van der Waals surface area (Å²) in [6.45, 7) is 5.09. The first kappa shape index (κ1) is 13.1. The van der Waals surface area contributed by atoms with Crippen LogP contribution in [-0.4, -0.2) is 31.3 Å². The van der Waals surface area contributed by atoms with Crippen LogP contribution in [-0.2, 0) is 19.6 Å². The molecule has 3 rings (SSSR count). The van der Waals surface area contributed by atoms with Crippen molar-refractivity contribution >= 4 is 5.82 Å². The SMILES string of the molecule is C[C@@H](O)c1cc2n(n1)CCN(Cc1cccnc1N)C2. The number of nitrogen functional groups attached to an aromatic ring is 1. The molecule has 1 atom stereocenters. The number of hydrogen-bond acceptors (Lipinski definition) is 5. The molecule has 20 heavy (non-hydrogen) atoms. The highest BCUT2D eigenvalue weighted by Crippen LogP contribution is 2.20. The van der Waals surface area contributed by atoms with E-state index in [1.54, 1.807) is 13.1 Å². The van der Waals surface area contributed by atoms with E-state index in [2.05, 4.69) is 15.0 Å². The summed E-state index contributed by atoms with van der Waals surface area (Å²) >= 11 is 0. The van der Waals surface area contributed by atoms with Crippen LogP contribution in [0.15, 0.2) is 24.4 Å². The quantitative estimate of drug-likeness (QED) is 0.869. The van der Waals surface area contributed by atoms with Crippen LogP contribution in [0.25, 0.3) is 0 Å². The number of pyridine rings is 1. The molecule has 0 unspecified atom stereocenters. The van der Waals surface area contributed by atoms with E-state index in [4.69, 9.17) is 5.73 Å². The van der Waals surface area contributed by atoms with Gasteiger partial charge in [-0.3, -0.25) is 9.58 Å². The maximum Gasteiger partial charge on any atom is 0.127 e. The van der Waals surface area contributed by atoms with E-state index in [-0.39, 0.29) is 0 Å². The standard InChI is InChI=1S/C14H19N5O/c1-10(20)13-7-12-9-18(5-6-19(12)17-13)8-11-3-2-4-16-14(11)15/h2-4,7,10,20H,5-6,8-9H2,1H3,(H2,15,16)/t10-/m1/s1. The minimum Gasteiger partial charge on any atom is -0.387 e. The summed E-state index contributed by atoms with van der Waals surface area (Å²) in [4.78, 5) is 6.43. The van der Waals surface area contributed by atoms with Crippen molar-refractivity contribution in [3.05, 3.63) is 41.3 Å². The van der Waals surface area contributed by atoms with Gasteiger partial charge in [0.1, 0.15) is 5.82 Å². The largest absolute Gasteiger partial charge is 0.387 e. The molecule has 0 radical (unpaired) electrons. The van der Waals surface area contributed by atoms with Gasteiger partial charge in [0.2, 0.25) is 0 Å². The molecule has 0 bridgehead atoms. The number of nitrogens with two attached hydrogens (primary N) is 1. The summed E-state index contributed by atoms with van der Waals surface area (Å²) in [6, 6.07) is 5.89. The van der Waals surface area contributed by atoms with Crippen LogP contribution >= 0.6 is 0 Å². The molecular formula is C14H19N5O. The Morgan fingerprint density at radius 1 is 1.45 bits per heavy atom. The van der Waals surface area contributed by atoms with Gasteiger partial charge in [-0.1, -0.05) is 6.07 Å². The van der Waals surface area contributed by atoms with Gasteiger partial charge in [-0.15, -0.1) is 0 Å². The number of rotatable bonds is 3. The lowest BCUT2D eigenvalue weighted by molar-refractivity contribution is 0.189. The minimum absolute atomic E-state index is 0.518. The molecule has 0 saturated carbocycles. The number of aliphatic hydroxyl groups is 1. The monoisotopic (exact) mass is 273 g/mol. The van der Waals surface area contributed by atoms with Gasteiger partial charge < -0.3 is 10.8 Å². The predicted molar refractivity (Wildman–Crippen MR) is 75.6 cm³/mol. The van der Waals surface area contributed by atoms with Crippen LogP contribution in [0.4, 0.5) is 5.82 Å². The average Bonchev–Trinajstić information content (AvgIpc) is 2.85. The lowest BCUT2D eigenvalue weighted by Gasteiger charge is -2.27. The zero-order chi connectivity index (χ0) is 14.1. The van der Waals surface area contributed by atoms with Crippen molar-refractivity contribution in [1.29, 1.82) is 0 Å². The molecule has 0 aromatic carbocycles. The fraction of sp³-hybridized carbons (Fsp3) is 0.429. The number of anilines is 1. The highest BCUT2D eigenvalue weighted by molar-refractivity contribution is 5.38. The number of aliphatic hydroxyl groups excluding tert-OH is 1. The molecular weight excluding hydrogens is 254 g/mol. The van der Waals surface area contributed by atoms with Gasteiger partial charge in [-0.05, 0) is 19.1 Å². The maximum atomic E-state index is 9.60. The van der Waals surface area contributed by atoms with E-state index in [1.807, 2.05) is 22.9 Å². The number of hydrogen-bond donors (Lipinski definition) is 2. The summed E-state index contributed by atoms with van der Waals surface area (Å²) in [5.74, 6) is 0.594. The minimum atomic E-state index is -0.518. The van der Waals surface area contributed by atoms with Gasteiger partial charge in [0.15, 0.2) is 0 Å². The molecule has 0 amide bonds. The summed E-state index contributed by atoms with van der Waals surface area (Å²) in [6.07, 6.45) is 1.19. The zero-order valence-electron chi connectivity index (χ0n) is 11.5. The Balaban J connectivity index is 1.74. The summed E-state index contributed by atoms with van der Waals surface area (Å²) in [7, 11) is 0. The Hall–Kier alpha value is -1.92. The first-order chi connectivity index (χ1) is 9.63. The first-order valence-electron chi connectivity index (χ1n) is 6.80.